The second kappa shape index (κ2) is 28.2. The number of carboxylic acids is 3. The Kier molecular flexibility index (Phi) is 26.9. The van der Waals surface area contributed by atoms with Crippen molar-refractivity contribution in [3.05, 3.63) is 12.2 Å². The lowest BCUT2D eigenvalue weighted by Crippen LogP contribution is -2.51. The van der Waals surface area contributed by atoms with E-state index in [4.69, 9.17) is 10.2 Å². The van der Waals surface area contributed by atoms with Crippen molar-refractivity contribution in [3.63, 3.8) is 0 Å². The first-order valence-corrected chi connectivity index (χ1v) is 16.9. The minimum Gasteiger partial charge on any atom is -0.550 e. The predicted octanol–water partition coefficient (Wildman–Crippen LogP) is 7.66. The van der Waals surface area contributed by atoms with Crippen LogP contribution in [0.4, 0.5) is 0 Å². The van der Waals surface area contributed by atoms with Gasteiger partial charge in [-0.2, -0.15) is 0 Å². The van der Waals surface area contributed by atoms with Gasteiger partial charge >= 0.3 is 11.9 Å². The minimum atomic E-state index is -1.07. The van der Waals surface area contributed by atoms with Crippen molar-refractivity contribution in [1.82, 2.24) is 0 Å². The zero-order valence-corrected chi connectivity index (χ0v) is 26.4. The lowest BCUT2D eigenvalue weighted by Gasteiger charge is -2.39. The van der Waals surface area contributed by atoms with Crippen molar-refractivity contribution >= 4 is 17.9 Å². The number of hydrogen-bond donors (Lipinski definition) is 2. The Morgan fingerprint density at radius 3 is 1.22 bits per heavy atom. The van der Waals surface area contributed by atoms with Crippen LogP contribution in [-0.2, 0) is 14.4 Å². The summed E-state index contributed by atoms with van der Waals surface area (Å²) < 4.78 is 0.616. The van der Waals surface area contributed by atoms with E-state index < -0.39 is 17.9 Å². The summed E-state index contributed by atoms with van der Waals surface area (Å²) in [5.74, 6) is -2.74. The van der Waals surface area contributed by atoms with Gasteiger partial charge in [0.25, 0.3) is 0 Å². The molecule has 0 spiro atoms. The summed E-state index contributed by atoms with van der Waals surface area (Å²) in [6, 6.07) is 0. The third-order valence-electron chi connectivity index (χ3n) is 8.22. The number of carboxylic acid groups (broad SMARTS) is 3. The summed E-state index contributed by atoms with van der Waals surface area (Å²) in [5.41, 5.74) is 0. The zero-order valence-electron chi connectivity index (χ0n) is 26.4. The molecule has 240 valence electrons. The van der Waals surface area contributed by atoms with Crippen LogP contribution in [0.3, 0.4) is 0 Å². The number of carbonyl (C=O) groups excluding carboxylic acids is 1. The van der Waals surface area contributed by atoms with E-state index in [1.165, 1.54) is 96.3 Å². The number of allylic oxidation sites excluding steroid dienone is 2. The highest BCUT2D eigenvalue weighted by Crippen LogP contribution is 2.19. The fourth-order valence-corrected chi connectivity index (χ4v) is 5.83. The molecule has 0 aromatic carbocycles. The van der Waals surface area contributed by atoms with E-state index in [2.05, 4.69) is 19.1 Å². The highest BCUT2D eigenvalue weighted by molar-refractivity contribution is 5.66. The van der Waals surface area contributed by atoms with Crippen molar-refractivity contribution in [3.8, 4) is 0 Å². The molecule has 0 aliphatic carbocycles. The van der Waals surface area contributed by atoms with Gasteiger partial charge in [-0.25, -0.2) is 0 Å². The number of rotatable bonds is 32. The highest BCUT2D eigenvalue weighted by Gasteiger charge is 2.26. The van der Waals surface area contributed by atoms with Gasteiger partial charge in [0.05, 0.1) is 39.0 Å². The van der Waals surface area contributed by atoms with Crippen LogP contribution in [0, 0.1) is 0 Å². The average molecular weight is 582 g/mol. The van der Waals surface area contributed by atoms with E-state index in [1.807, 2.05) is 0 Å². The van der Waals surface area contributed by atoms with Crippen LogP contribution in [-0.4, -0.2) is 58.8 Å². The fraction of sp³-hybridized carbons (Fsp3) is 0.853. The summed E-state index contributed by atoms with van der Waals surface area (Å²) >= 11 is 0. The molecule has 0 heterocycles. The molecule has 0 aliphatic heterocycles. The number of carbonyl (C=O) groups is 3. The van der Waals surface area contributed by atoms with Crippen LogP contribution in [0.25, 0.3) is 0 Å². The summed E-state index contributed by atoms with van der Waals surface area (Å²) in [6.45, 7) is 4.96. The SMILES string of the molecule is CC/C=C/CCCCCCCCCCCCCCCCCC[N+](CCCC(=O)[O-])(CCCC(=O)O)CCCC(=O)O. The average Bonchev–Trinajstić information content (AvgIpc) is 2.91. The maximum atomic E-state index is 11.1. The van der Waals surface area contributed by atoms with Crippen LogP contribution in [0.1, 0.15) is 161 Å². The smallest absolute Gasteiger partial charge is 0.303 e. The van der Waals surface area contributed by atoms with Crippen LogP contribution in [0.5, 0.6) is 0 Å². The van der Waals surface area contributed by atoms with E-state index in [9.17, 15) is 19.5 Å². The van der Waals surface area contributed by atoms with Crippen molar-refractivity contribution in [2.24, 2.45) is 0 Å². The normalized spacial score (nSPS) is 11.8. The third-order valence-corrected chi connectivity index (χ3v) is 8.22. The summed E-state index contributed by atoms with van der Waals surface area (Å²) in [7, 11) is 0. The monoisotopic (exact) mass is 581 g/mol. The molecule has 0 aliphatic rings. The highest BCUT2D eigenvalue weighted by atomic mass is 16.4. The number of unbranched alkanes of at least 4 members (excludes halogenated alkanes) is 16. The second-order valence-corrected chi connectivity index (χ2v) is 12.0. The molecule has 0 unspecified atom stereocenters. The molecule has 0 atom stereocenters. The van der Waals surface area contributed by atoms with Gasteiger partial charge in [-0.3, -0.25) is 9.59 Å². The van der Waals surface area contributed by atoms with Gasteiger partial charge in [-0.1, -0.05) is 103 Å². The zero-order chi connectivity index (χ0) is 30.4. The third kappa shape index (κ3) is 28.0. The lowest BCUT2D eigenvalue weighted by atomic mass is 10.0. The van der Waals surface area contributed by atoms with E-state index in [0.29, 0.717) is 43.4 Å². The van der Waals surface area contributed by atoms with Crippen LogP contribution in [0.2, 0.25) is 0 Å². The molecule has 0 bridgehead atoms. The molecular weight excluding hydrogens is 518 g/mol. The molecule has 0 saturated carbocycles. The van der Waals surface area contributed by atoms with Gasteiger partial charge in [0.2, 0.25) is 0 Å². The molecule has 0 rings (SSSR count). The van der Waals surface area contributed by atoms with E-state index in [1.54, 1.807) is 0 Å². The summed E-state index contributed by atoms with van der Waals surface area (Å²) in [6.07, 6.45) is 29.4. The quantitative estimate of drug-likeness (QED) is 0.0479. The van der Waals surface area contributed by atoms with Crippen molar-refractivity contribution in [1.29, 1.82) is 0 Å². The van der Waals surface area contributed by atoms with Crippen LogP contribution in [0.15, 0.2) is 12.2 Å². The van der Waals surface area contributed by atoms with Crippen LogP contribution >= 0.6 is 0 Å². The van der Waals surface area contributed by atoms with Gasteiger partial charge in [0.1, 0.15) is 0 Å². The van der Waals surface area contributed by atoms with Crippen molar-refractivity contribution < 1.29 is 34.2 Å². The first-order chi connectivity index (χ1) is 19.8. The lowest BCUT2D eigenvalue weighted by molar-refractivity contribution is -0.929. The van der Waals surface area contributed by atoms with E-state index in [-0.39, 0.29) is 19.3 Å². The Balaban J connectivity index is 4.05. The topological polar surface area (TPSA) is 115 Å². The minimum absolute atomic E-state index is 0.0186. The Bertz CT molecular complexity index is 628. The molecule has 0 amide bonds. The van der Waals surface area contributed by atoms with E-state index >= 15 is 0 Å². The van der Waals surface area contributed by atoms with Gasteiger partial charge in [0.15, 0.2) is 0 Å². The Morgan fingerprint density at radius 2 is 0.854 bits per heavy atom. The molecule has 0 aromatic rings. The predicted molar refractivity (Wildman–Crippen MR) is 166 cm³/mol. The van der Waals surface area contributed by atoms with Gasteiger partial charge in [0, 0.05) is 25.2 Å². The molecule has 7 heteroatoms. The molecule has 2 N–H and O–H groups in total. The molecular formula is C34H63NO6. The first kappa shape index (κ1) is 39.1. The van der Waals surface area contributed by atoms with Crippen LogP contribution < -0.4 is 5.11 Å². The second-order valence-electron chi connectivity index (χ2n) is 12.0. The molecule has 7 nitrogen and oxygen atoms in total. The molecule has 0 saturated heterocycles. The maximum absolute atomic E-state index is 11.1. The van der Waals surface area contributed by atoms with Gasteiger partial charge in [-0.15, -0.1) is 0 Å². The number of nitrogens with zero attached hydrogens (tertiary/aromatic N) is 1. The summed E-state index contributed by atoms with van der Waals surface area (Å²) in [4.78, 5) is 33.1. The largest absolute Gasteiger partial charge is 0.550 e. The standard InChI is InChI=1S/C34H63NO6/c1-2-3-4-5-6-7-8-9-10-11-12-13-14-15-16-17-18-19-20-21-28-35(29-22-25-32(36)37,30-23-26-33(38)39)31-24-27-34(40)41/h3-4H,2,5-31H2,1H3,(H2-,36,37,38,39,40,41)/b4-3+. The van der Waals surface area contributed by atoms with Gasteiger partial charge in [-0.05, 0) is 38.5 Å². The molecule has 41 heavy (non-hydrogen) atoms. The van der Waals surface area contributed by atoms with Gasteiger partial charge < -0.3 is 24.6 Å². The molecule has 0 fully saturated rings. The van der Waals surface area contributed by atoms with Crippen molar-refractivity contribution in [2.75, 3.05) is 26.2 Å². The molecule has 0 aromatic heterocycles. The fourth-order valence-electron chi connectivity index (χ4n) is 5.83. The molecule has 0 radical (unpaired) electrons. The number of hydrogen-bond acceptors (Lipinski definition) is 4. The number of aliphatic carboxylic acids is 3. The maximum Gasteiger partial charge on any atom is 0.303 e. The Labute approximate surface area is 251 Å². The Hall–Kier alpha value is -1.89. The number of quaternary nitrogens is 1. The summed E-state index contributed by atoms with van der Waals surface area (Å²) in [5, 5.41) is 29.1. The van der Waals surface area contributed by atoms with E-state index in [0.717, 1.165) is 25.8 Å². The first-order valence-electron chi connectivity index (χ1n) is 16.9. The van der Waals surface area contributed by atoms with Crippen molar-refractivity contribution in [2.45, 2.75) is 161 Å². The Morgan fingerprint density at radius 1 is 0.512 bits per heavy atom.